The molecule has 0 radical (unpaired) electrons. The third-order valence-electron chi connectivity index (χ3n) is 6.93. The van der Waals surface area contributed by atoms with Crippen LogP contribution in [-0.2, 0) is 28.7 Å². The number of aromatic nitrogens is 2. The highest BCUT2D eigenvalue weighted by atomic mass is 16.3. The van der Waals surface area contributed by atoms with Crippen molar-refractivity contribution >= 4 is 11.6 Å². The Labute approximate surface area is 223 Å². The Kier molecular flexibility index (Phi) is 8.26. The predicted octanol–water partition coefficient (Wildman–Crippen LogP) is 7.01. The van der Waals surface area contributed by atoms with E-state index in [-0.39, 0.29) is 23.3 Å². The number of carbonyl (C=O) groups excluding carboxylic acids is 1. The van der Waals surface area contributed by atoms with Crippen molar-refractivity contribution in [3.8, 4) is 5.75 Å². The predicted molar refractivity (Wildman–Crippen MR) is 152 cm³/mol. The first-order valence-electron chi connectivity index (χ1n) is 13.4. The maximum atomic E-state index is 13.1. The second-order valence-electron chi connectivity index (χ2n) is 13.0. The van der Waals surface area contributed by atoms with E-state index in [9.17, 15) is 9.90 Å². The molecule has 5 nitrogen and oxygen atoms in total. The molecule has 3 rings (SSSR count). The molecule has 0 unspecified atom stereocenters. The van der Waals surface area contributed by atoms with E-state index in [4.69, 9.17) is 0 Å². The van der Waals surface area contributed by atoms with Crippen LogP contribution < -0.4 is 9.88 Å². The lowest BCUT2D eigenvalue weighted by Crippen LogP contribution is -2.32. The number of benzene rings is 2. The van der Waals surface area contributed by atoms with Gasteiger partial charge in [0.1, 0.15) is 24.7 Å². The van der Waals surface area contributed by atoms with Gasteiger partial charge in [0.2, 0.25) is 6.33 Å². The molecule has 0 saturated carbocycles. The summed E-state index contributed by atoms with van der Waals surface area (Å²) in [6.07, 6.45) is 5.79. The summed E-state index contributed by atoms with van der Waals surface area (Å²) in [6.45, 7) is 22.3. The Morgan fingerprint density at radius 2 is 1.57 bits per heavy atom. The number of nitrogens with zero attached hydrogens (tertiary/aromatic N) is 2. The fraction of sp³-hybridized carbons (Fsp3) is 0.500. The summed E-state index contributed by atoms with van der Waals surface area (Å²) < 4.78 is 3.90. The second kappa shape index (κ2) is 10.7. The van der Waals surface area contributed by atoms with Crippen molar-refractivity contribution in [3.05, 3.63) is 76.9 Å². The molecule has 1 aromatic heterocycles. The maximum absolute atomic E-state index is 13.1. The van der Waals surface area contributed by atoms with Gasteiger partial charge in [-0.05, 0) is 51.0 Å². The van der Waals surface area contributed by atoms with Gasteiger partial charge in [-0.2, -0.15) is 0 Å². The minimum absolute atomic E-state index is 0.0295. The van der Waals surface area contributed by atoms with Crippen molar-refractivity contribution < 1.29 is 14.5 Å². The average Bonchev–Trinajstić information content (AvgIpc) is 3.19. The van der Waals surface area contributed by atoms with E-state index >= 15 is 0 Å². The van der Waals surface area contributed by atoms with E-state index in [1.807, 2.05) is 27.9 Å². The number of para-hydroxylation sites is 1. The molecule has 0 spiro atoms. The molecule has 2 N–H and O–H groups in total. The highest BCUT2D eigenvalue weighted by Crippen LogP contribution is 2.37. The van der Waals surface area contributed by atoms with Crippen LogP contribution in [0.2, 0.25) is 0 Å². The first-order chi connectivity index (χ1) is 17.1. The Hall–Kier alpha value is -3.08. The maximum Gasteiger partial charge on any atom is 0.266 e. The smallest absolute Gasteiger partial charge is 0.266 e. The third kappa shape index (κ3) is 6.82. The van der Waals surface area contributed by atoms with Gasteiger partial charge in [0.05, 0.1) is 0 Å². The largest absolute Gasteiger partial charge is 0.507 e. The molecule has 200 valence electrons. The Morgan fingerprint density at radius 3 is 2.08 bits per heavy atom. The Bertz CT molecular complexity index is 1230. The van der Waals surface area contributed by atoms with Gasteiger partial charge in [0.25, 0.3) is 5.91 Å². The van der Waals surface area contributed by atoms with E-state index in [0.717, 1.165) is 27.9 Å². The molecule has 0 fully saturated rings. The van der Waals surface area contributed by atoms with Crippen molar-refractivity contribution in [2.75, 3.05) is 5.32 Å². The normalized spacial score (nSPS) is 12.4. The quantitative estimate of drug-likeness (QED) is 0.340. The summed E-state index contributed by atoms with van der Waals surface area (Å²) in [5.41, 5.74) is 6.10. The van der Waals surface area contributed by atoms with E-state index in [0.29, 0.717) is 24.1 Å². The van der Waals surface area contributed by atoms with E-state index < -0.39 is 0 Å². The van der Waals surface area contributed by atoms with Crippen molar-refractivity contribution in [2.24, 2.45) is 0 Å². The lowest BCUT2D eigenvalue weighted by atomic mass is 9.79. The molecular formula is C32H46N3O2+. The van der Waals surface area contributed by atoms with Crippen LogP contribution in [0.3, 0.4) is 0 Å². The van der Waals surface area contributed by atoms with Gasteiger partial charge >= 0.3 is 0 Å². The number of rotatable bonds is 7. The SMILES string of the molecule is CC(C)c1cccc(C(C)C)c1NC(=O)Cn1cc[n+](Cc2cc(C(C)(C)C)cc(C(C)(C)C)c2O)c1. The third-order valence-corrected chi connectivity index (χ3v) is 6.93. The molecule has 3 aromatic rings. The molecular weight excluding hydrogens is 458 g/mol. The van der Waals surface area contributed by atoms with Gasteiger partial charge < -0.3 is 10.4 Å². The lowest BCUT2D eigenvalue weighted by Gasteiger charge is -2.27. The zero-order valence-electron chi connectivity index (χ0n) is 24.4. The number of imidazole rings is 1. The lowest BCUT2D eigenvalue weighted by molar-refractivity contribution is -0.687. The van der Waals surface area contributed by atoms with Gasteiger partial charge in [0.15, 0.2) is 6.54 Å². The molecule has 0 aliphatic heterocycles. The summed E-state index contributed by atoms with van der Waals surface area (Å²) in [5, 5.41) is 14.3. The van der Waals surface area contributed by atoms with Crippen LogP contribution in [0.5, 0.6) is 5.75 Å². The number of hydrogen-bond acceptors (Lipinski definition) is 2. The van der Waals surface area contributed by atoms with Gasteiger partial charge in [-0.25, -0.2) is 9.13 Å². The Morgan fingerprint density at radius 1 is 0.973 bits per heavy atom. The molecule has 5 heteroatoms. The molecule has 0 atom stereocenters. The van der Waals surface area contributed by atoms with Crippen LogP contribution in [0, 0.1) is 0 Å². The Balaban J connectivity index is 1.83. The van der Waals surface area contributed by atoms with E-state index in [1.54, 1.807) is 0 Å². The minimum Gasteiger partial charge on any atom is -0.507 e. The van der Waals surface area contributed by atoms with Crippen LogP contribution >= 0.6 is 0 Å². The van der Waals surface area contributed by atoms with Crippen molar-refractivity contribution in [3.63, 3.8) is 0 Å². The second-order valence-corrected chi connectivity index (χ2v) is 13.0. The number of carbonyl (C=O) groups is 1. The summed E-state index contributed by atoms with van der Waals surface area (Å²) in [5.74, 6) is 0.935. The van der Waals surface area contributed by atoms with Crippen LogP contribution in [-0.4, -0.2) is 15.6 Å². The first-order valence-corrected chi connectivity index (χ1v) is 13.4. The number of amides is 1. The highest BCUT2D eigenvalue weighted by Gasteiger charge is 2.26. The highest BCUT2D eigenvalue weighted by molar-refractivity contribution is 5.92. The number of nitrogens with one attached hydrogen (secondary N) is 1. The van der Waals surface area contributed by atoms with Gasteiger partial charge in [-0.3, -0.25) is 4.79 Å². The number of aromatic hydroxyl groups is 1. The molecule has 0 aliphatic rings. The first kappa shape index (κ1) is 28.5. The number of anilines is 1. The summed E-state index contributed by atoms with van der Waals surface area (Å²) >= 11 is 0. The fourth-order valence-corrected chi connectivity index (χ4v) is 4.68. The molecule has 1 heterocycles. The number of phenolic OH excluding ortho intramolecular Hbond substituents is 1. The van der Waals surface area contributed by atoms with Crippen LogP contribution in [0.15, 0.2) is 49.1 Å². The molecule has 1 amide bonds. The average molecular weight is 505 g/mol. The van der Waals surface area contributed by atoms with E-state index in [2.05, 4.69) is 105 Å². The monoisotopic (exact) mass is 504 g/mol. The van der Waals surface area contributed by atoms with Crippen molar-refractivity contribution in [1.29, 1.82) is 0 Å². The number of phenols is 1. The number of hydrogen-bond donors (Lipinski definition) is 2. The van der Waals surface area contributed by atoms with E-state index in [1.165, 1.54) is 5.56 Å². The van der Waals surface area contributed by atoms with Gasteiger partial charge in [-0.1, -0.05) is 93.5 Å². The minimum atomic E-state index is -0.171. The fourth-order valence-electron chi connectivity index (χ4n) is 4.68. The molecule has 2 aromatic carbocycles. The molecule has 37 heavy (non-hydrogen) atoms. The van der Waals surface area contributed by atoms with Gasteiger partial charge in [0, 0.05) is 11.3 Å². The summed E-state index contributed by atoms with van der Waals surface area (Å²) in [7, 11) is 0. The molecule has 0 aliphatic carbocycles. The van der Waals surface area contributed by atoms with Crippen molar-refractivity contribution in [2.45, 2.75) is 105 Å². The van der Waals surface area contributed by atoms with Gasteiger partial charge in [-0.15, -0.1) is 0 Å². The zero-order chi connectivity index (χ0) is 27.7. The zero-order valence-corrected chi connectivity index (χ0v) is 24.4. The molecule has 0 saturated heterocycles. The summed E-state index contributed by atoms with van der Waals surface area (Å²) in [6, 6.07) is 10.5. The summed E-state index contributed by atoms with van der Waals surface area (Å²) in [4.78, 5) is 13.1. The van der Waals surface area contributed by atoms with Crippen molar-refractivity contribution in [1.82, 2.24) is 4.57 Å². The van der Waals surface area contributed by atoms with Crippen LogP contribution in [0.1, 0.15) is 109 Å². The molecule has 0 bridgehead atoms. The topological polar surface area (TPSA) is 58.1 Å². The van der Waals surface area contributed by atoms with Crippen LogP contribution in [0.25, 0.3) is 0 Å². The standard InChI is InChI=1S/C32H45N3O2/c1-21(2)25-12-11-13-26(22(3)4)29(25)33-28(36)19-35-15-14-34(20-35)18-23-16-24(31(5,6)7)17-27(30(23)37)32(8,9)10/h11-17,20-22H,18-19H2,1-10H3,(H-,33,36,37)/p+1. The van der Waals surface area contributed by atoms with Crippen LogP contribution in [0.4, 0.5) is 5.69 Å².